The first-order valence-electron chi connectivity index (χ1n) is 19.3. The summed E-state index contributed by atoms with van der Waals surface area (Å²) in [6.07, 6.45) is 1.98. The molecule has 32 heteroatoms. The van der Waals surface area contributed by atoms with Gasteiger partial charge in [0, 0.05) is 46.6 Å². The Bertz CT molecular complexity index is 3440. The van der Waals surface area contributed by atoms with E-state index in [1.165, 1.54) is 62.8 Å². The topological polar surface area (TPSA) is 374 Å². The zero-order chi connectivity index (χ0) is 51.3. The van der Waals surface area contributed by atoms with Crippen molar-refractivity contribution in [2.75, 3.05) is 14.2 Å². The van der Waals surface area contributed by atoms with Gasteiger partial charge in [0.05, 0.1) is 56.6 Å². The van der Waals surface area contributed by atoms with E-state index in [0.29, 0.717) is 23.3 Å². The van der Waals surface area contributed by atoms with Gasteiger partial charge >= 0.3 is 118 Å². The Morgan fingerprint density at radius 2 is 0.757 bits per heavy atom. The third-order valence-corrected chi connectivity index (χ3v) is 13.1. The number of aryl methyl sites for hydroxylation is 2. The normalized spacial score (nSPS) is 12.4. The van der Waals surface area contributed by atoms with E-state index in [1.807, 2.05) is 0 Å². The van der Waals surface area contributed by atoms with Crippen molar-refractivity contribution in [2.45, 2.75) is 33.4 Å². The van der Waals surface area contributed by atoms with E-state index in [-0.39, 0.29) is 185 Å². The number of hydrogen-bond donors (Lipinski definition) is 0. The summed E-state index contributed by atoms with van der Waals surface area (Å²) in [6, 6.07) is 20.5. The van der Waals surface area contributed by atoms with Gasteiger partial charge in [0.25, 0.3) is 0 Å². The van der Waals surface area contributed by atoms with E-state index in [2.05, 4.69) is 30.7 Å². The zero-order valence-electron chi connectivity index (χ0n) is 40.3. The standard InChI is InChI=1S/C42H36N8O16S4.4Na/c1-25-19-37(39(65-3)23-35(25)45-43-29-9-15-33(16-10-29)67(53,54)55)47-49(51)31-13-7-27(41(21-31)69(59,60)61)5-6-28-8-14-32(22-42(28)70(62,63)64)50(52)48-38-20-26(2)36(24-40(38)66-4)46-44-30-11-17-34(18-12-30)68(56,57)58;;;;/h5-24H,1-4H3,(H,53,54,55)(H,56,57,58)(H,59,60,61)(H,62,63,64);;;;/q;4*+1/p-4. The van der Waals surface area contributed by atoms with Crippen molar-refractivity contribution >= 4 is 98.1 Å². The van der Waals surface area contributed by atoms with Crippen molar-refractivity contribution in [1.82, 2.24) is 0 Å². The Hall–Kier alpha value is -3.70. The van der Waals surface area contributed by atoms with Gasteiger partial charge in [-0.1, -0.05) is 12.2 Å². The number of ether oxygens (including phenoxy) is 2. The largest absolute Gasteiger partial charge is 1.00 e. The molecule has 0 heterocycles. The molecule has 0 N–H and O–H groups in total. The molecule has 6 aromatic rings. The predicted octanol–water partition coefficient (Wildman–Crippen LogP) is -3.19. The second-order valence-corrected chi connectivity index (χ2v) is 19.8. The Balaban J connectivity index is 0.00000469. The Kier molecular flexibility index (Phi) is 24.7. The summed E-state index contributed by atoms with van der Waals surface area (Å²) < 4.78 is 153. The van der Waals surface area contributed by atoms with Gasteiger partial charge in [-0.25, -0.2) is 33.7 Å². The first-order valence-corrected chi connectivity index (χ1v) is 25.0. The number of hydrogen-bond acceptors (Lipinski definition) is 22. The molecule has 0 spiro atoms. The van der Waals surface area contributed by atoms with E-state index in [0.717, 1.165) is 60.7 Å². The number of azo groups is 4. The van der Waals surface area contributed by atoms with Gasteiger partial charge < -0.3 is 38.1 Å². The van der Waals surface area contributed by atoms with Crippen LogP contribution in [0, 0.1) is 24.3 Å². The number of nitrogens with zero attached hydrogens (tertiary/aromatic N) is 8. The van der Waals surface area contributed by atoms with Gasteiger partial charge in [-0.2, -0.15) is 20.5 Å². The van der Waals surface area contributed by atoms with Crippen LogP contribution < -0.4 is 128 Å². The van der Waals surface area contributed by atoms with Crippen molar-refractivity contribution in [2.24, 2.45) is 30.7 Å². The van der Waals surface area contributed by atoms with Crippen LogP contribution in [0.5, 0.6) is 11.5 Å². The summed E-state index contributed by atoms with van der Waals surface area (Å²) in [5.41, 5.74) is 0.0206. The minimum absolute atomic E-state index is 0. The van der Waals surface area contributed by atoms with Crippen LogP contribution in [0.4, 0.5) is 45.5 Å². The number of benzene rings is 6. The molecule has 0 amide bonds. The van der Waals surface area contributed by atoms with E-state index in [1.54, 1.807) is 13.8 Å². The van der Waals surface area contributed by atoms with Crippen LogP contribution in [-0.4, -0.2) is 75.8 Å². The average Bonchev–Trinajstić information content (AvgIpc) is 3.29. The molecule has 0 unspecified atom stereocenters. The first-order chi connectivity index (χ1) is 32.7. The van der Waals surface area contributed by atoms with Gasteiger partial charge in [0.15, 0.2) is 22.9 Å². The summed E-state index contributed by atoms with van der Waals surface area (Å²) in [6.45, 7) is 3.17. The second kappa shape index (κ2) is 27.6. The van der Waals surface area contributed by atoms with Gasteiger partial charge in [-0.15, -0.1) is 0 Å². The van der Waals surface area contributed by atoms with Gasteiger partial charge in [0.1, 0.15) is 40.5 Å². The molecular weight excluding hydrogens is 1090 g/mol. The predicted molar refractivity (Wildman–Crippen MR) is 241 cm³/mol. The fourth-order valence-corrected chi connectivity index (χ4v) is 8.41. The maximum Gasteiger partial charge on any atom is 1.00 e. The smallest absolute Gasteiger partial charge is 0.744 e. The SMILES string of the molecule is COc1cc(N=Nc2ccc(S(=O)(=O)[O-])cc2)c(C)cc1N=[N+]([O-])c1ccc(C=Cc2ccc([N+]([O-])=Nc3cc(C)c(N=Nc4ccc(S(=O)(=O)[O-])cc4)cc3OC)cc2S(=O)(=O)[O-])c(S(=O)(=O)[O-])c1.[Na+].[Na+].[Na+].[Na+]. The molecule has 6 rings (SSSR count). The van der Waals surface area contributed by atoms with Crippen LogP contribution in [0.1, 0.15) is 22.3 Å². The molecule has 0 radical (unpaired) electrons. The van der Waals surface area contributed by atoms with E-state index >= 15 is 0 Å². The molecule has 0 aliphatic rings. The molecule has 0 fully saturated rings. The average molecular weight is 1120 g/mol. The maximum absolute atomic E-state index is 13.3. The molecule has 0 atom stereocenters. The summed E-state index contributed by atoms with van der Waals surface area (Å²) in [5, 5.41) is 50.7. The minimum Gasteiger partial charge on any atom is -0.744 e. The van der Waals surface area contributed by atoms with E-state index in [4.69, 9.17) is 9.47 Å². The number of methoxy groups -OCH3 is 2. The minimum atomic E-state index is -5.34. The van der Waals surface area contributed by atoms with Crippen LogP contribution in [-0.2, 0) is 40.5 Å². The molecule has 0 saturated heterocycles. The quantitative estimate of drug-likeness (QED) is 0.0230. The summed E-state index contributed by atoms with van der Waals surface area (Å²) in [4.78, 5) is -2.79. The van der Waals surface area contributed by atoms with E-state index < -0.39 is 71.4 Å². The molecular formula is C42H32N8Na4O16S4. The van der Waals surface area contributed by atoms with Crippen LogP contribution in [0.3, 0.4) is 0 Å². The van der Waals surface area contributed by atoms with Crippen LogP contribution in [0.2, 0.25) is 0 Å². The number of rotatable bonds is 16. The van der Waals surface area contributed by atoms with Gasteiger partial charge in [-0.05, 0) is 119 Å². The Morgan fingerprint density at radius 3 is 1.04 bits per heavy atom. The summed E-state index contributed by atoms with van der Waals surface area (Å²) in [5.74, 6) is 0.00844. The van der Waals surface area contributed by atoms with Crippen molar-refractivity contribution in [3.63, 3.8) is 0 Å². The van der Waals surface area contributed by atoms with Crippen molar-refractivity contribution < 1.29 is 189 Å². The molecule has 364 valence electrons. The molecule has 74 heavy (non-hydrogen) atoms. The Morgan fingerprint density at radius 1 is 0.432 bits per heavy atom. The molecule has 0 aliphatic heterocycles. The summed E-state index contributed by atoms with van der Waals surface area (Å²) >= 11 is 0. The van der Waals surface area contributed by atoms with Crippen molar-refractivity contribution in [1.29, 1.82) is 0 Å². The third kappa shape index (κ3) is 17.4. The van der Waals surface area contributed by atoms with Gasteiger partial charge in [-0.3, -0.25) is 0 Å². The molecule has 0 bridgehead atoms. The van der Waals surface area contributed by atoms with Crippen LogP contribution in [0.25, 0.3) is 12.2 Å². The second-order valence-electron chi connectivity index (χ2n) is 14.3. The Labute approximate surface area is 512 Å². The fraction of sp³-hybridized carbons (Fsp3) is 0.0952. The van der Waals surface area contributed by atoms with Crippen molar-refractivity contribution in [3.05, 3.63) is 142 Å². The van der Waals surface area contributed by atoms with Crippen molar-refractivity contribution in [3.8, 4) is 11.5 Å². The first kappa shape index (κ1) is 66.4. The molecule has 0 aliphatic carbocycles. The van der Waals surface area contributed by atoms with E-state index in [9.17, 15) is 62.3 Å². The zero-order valence-corrected chi connectivity index (χ0v) is 51.6. The molecule has 0 aromatic heterocycles. The van der Waals surface area contributed by atoms with Crippen LogP contribution in [0.15, 0.2) is 159 Å². The fourth-order valence-electron chi connectivity index (χ4n) is 6.09. The summed E-state index contributed by atoms with van der Waals surface area (Å²) in [7, 11) is -17.5. The maximum atomic E-state index is 13.3. The molecule has 24 nitrogen and oxygen atoms in total. The van der Waals surface area contributed by atoms with Gasteiger partial charge in [0.2, 0.25) is 11.4 Å². The van der Waals surface area contributed by atoms with Crippen LogP contribution >= 0.6 is 0 Å². The molecule has 6 aromatic carbocycles. The monoisotopic (exact) mass is 1120 g/mol. The third-order valence-electron chi connectivity index (χ3n) is 9.61. The molecule has 0 saturated carbocycles.